The number of aromatic nitrogens is 1. The van der Waals surface area contributed by atoms with E-state index in [-0.39, 0.29) is 5.56 Å². The molecule has 0 unspecified atom stereocenters. The molecule has 0 aliphatic rings. The maximum absolute atomic E-state index is 14.9. The number of halogens is 4. The van der Waals surface area contributed by atoms with Crippen LogP contribution in [0.25, 0.3) is 44.4 Å². The van der Waals surface area contributed by atoms with Crippen LogP contribution < -0.4 is 4.84 Å². The standard InChI is InChI=1S/C37H26ClF3N2O3S/c1-3-42-46-28-9-5-7-24(19-28)34-31-21-27(39)13-17-33(31)43(47-29-14-10-22(11-15-29)36(40)41)35(34)25-8-4-6-23(18-25)30-16-12-26(20-32(30)38)37(44)45-2/h3-21,36H,1-2H3/b42-3-. The summed E-state index contributed by atoms with van der Waals surface area (Å²) in [4.78, 5) is 18.3. The topological polar surface area (TPSA) is 52.8 Å². The van der Waals surface area contributed by atoms with Gasteiger partial charge in [-0.1, -0.05) is 65.3 Å². The van der Waals surface area contributed by atoms with Gasteiger partial charge in [0.1, 0.15) is 5.82 Å². The molecule has 0 saturated heterocycles. The molecule has 0 N–H and O–H groups in total. The van der Waals surface area contributed by atoms with E-state index in [1.807, 2.05) is 46.4 Å². The van der Waals surface area contributed by atoms with Crippen LogP contribution in [-0.2, 0) is 4.74 Å². The molecule has 10 heteroatoms. The molecule has 236 valence electrons. The molecule has 0 bridgehead atoms. The fraction of sp³-hybridized carbons (Fsp3) is 0.0811. The summed E-state index contributed by atoms with van der Waals surface area (Å²) >= 11 is 8.00. The first-order valence-electron chi connectivity index (χ1n) is 14.4. The SMILES string of the molecule is C/C=N\Oc1cccc(-c2c(-c3cccc(-c4ccc(C(=O)OC)cc4Cl)c3)n(Sc3ccc(C(F)F)cc3)c3ccc(F)cc23)c1. The van der Waals surface area contributed by atoms with Gasteiger partial charge < -0.3 is 9.57 Å². The summed E-state index contributed by atoms with van der Waals surface area (Å²) in [7, 11) is 1.31. The summed E-state index contributed by atoms with van der Waals surface area (Å²) in [6.07, 6.45) is -1.06. The van der Waals surface area contributed by atoms with Crippen molar-refractivity contribution in [3.8, 4) is 39.3 Å². The first kappa shape index (κ1) is 32.0. The minimum atomic E-state index is -2.59. The number of nitrogens with zero attached hydrogens (tertiary/aromatic N) is 2. The van der Waals surface area contributed by atoms with Crippen LogP contribution in [0.2, 0.25) is 5.02 Å². The third-order valence-electron chi connectivity index (χ3n) is 7.44. The molecule has 0 amide bonds. The second-order valence-electron chi connectivity index (χ2n) is 10.4. The number of alkyl halides is 2. The summed E-state index contributed by atoms with van der Waals surface area (Å²) in [5.41, 5.74) is 5.41. The maximum Gasteiger partial charge on any atom is 0.337 e. The summed E-state index contributed by atoms with van der Waals surface area (Å²) < 4.78 is 48.4. The van der Waals surface area contributed by atoms with Gasteiger partial charge in [-0.2, -0.15) is 0 Å². The quantitative estimate of drug-likeness (QED) is 0.0872. The number of hydrogen-bond donors (Lipinski definition) is 0. The van der Waals surface area contributed by atoms with Crippen LogP contribution in [0, 0.1) is 5.82 Å². The van der Waals surface area contributed by atoms with E-state index in [0.29, 0.717) is 37.7 Å². The summed E-state index contributed by atoms with van der Waals surface area (Å²) in [6.45, 7) is 1.74. The van der Waals surface area contributed by atoms with Gasteiger partial charge in [0, 0.05) is 43.8 Å². The molecule has 6 rings (SSSR count). The monoisotopic (exact) mass is 670 g/mol. The van der Waals surface area contributed by atoms with Gasteiger partial charge in [0.15, 0.2) is 5.75 Å². The van der Waals surface area contributed by atoms with Gasteiger partial charge in [-0.25, -0.2) is 18.0 Å². The Morgan fingerprint density at radius 3 is 2.36 bits per heavy atom. The average molecular weight is 671 g/mol. The molecule has 0 atom stereocenters. The molecule has 0 spiro atoms. The highest BCUT2D eigenvalue weighted by atomic mass is 35.5. The molecular formula is C37H26ClF3N2O3S. The maximum atomic E-state index is 14.9. The Labute approximate surface area is 278 Å². The Bertz CT molecular complexity index is 2130. The predicted molar refractivity (Wildman–Crippen MR) is 182 cm³/mol. The molecule has 47 heavy (non-hydrogen) atoms. The molecule has 0 aliphatic heterocycles. The van der Waals surface area contributed by atoms with Crippen molar-refractivity contribution in [2.45, 2.75) is 18.2 Å². The lowest BCUT2D eigenvalue weighted by molar-refractivity contribution is 0.0600. The van der Waals surface area contributed by atoms with Crippen molar-refractivity contribution in [2.24, 2.45) is 5.16 Å². The normalized spacial score (nSPS) is 11.5. The zero-order valence-electron chi connectivity index (χ0n) is 25.1. The molecule has 0 aliphatic carbocycles. The van der Waals surface area contributed by atoms with Gasteiger partial charge in [0.25, 0.3) is 6.43 Å². The number of oxime groups is 1. The van der Waals surface area contributed by atoms with Gasteiger partial charge in [-0.3, -0.25) is 3.97 Å². The molecule has 1 aromatic heterocycles. The van der Waals surface area contributed by atoms with E-state index in [9.17, 15) is 18.0 Å². The second kappa shape index (κ2) is 13.8. The van der Waals surface area contributed by atoms with Crippen molar-refractivity contribution >= 4 is 46.6 Å². The zero-order chi connectivity index (χ0) is 33.1. The number of rotatable bonds is 9. The summed E-state index contributed by atoms with van der Waals surface area (Å²) in [5, 5.41) is 4.90. The van der Waals surface area contributed by atoms with E-state index in [1.165, 1.54) is 49.5 Å². The van der Waals surface area contributed by atoms with Crippen LogP contribution in [0.3, 0.4) is 0 Å². The first-order valence-corrected chi connectivity index (χ1v) is 15.6. The average Bonchev–Trinajstić information content (AvgIpc) is 3.40. The van der Waals surface area contributed by atoms with Crippen LogP contribution in [0.1, 0.15) is 29.3 Å². The third-order valence-corrected chi connectivity index (χ3v) is 8.80. The van der Waals surface area contributed by atoms with E-state index in [0.717, 1.165) is 27.9 Å². The van der Waals surface area contributed by atoms with E-state index in [1.54, 1.807) is 49.4 Å². The highest BCUT2D eigenvalue weighted by molar-refractivity contribution is 7.98. The Hall–Kier alpha value is -4.99. The van der Waals surface area contributed by atoms with Crippen molar-refractivity contribution in [1.29, 1.82) is 0 Å². The highest BCUT2D eigenvalue weighted by Crippen LogP contribution is 2.46. The van der Waals surface area contributed by atoms with Crippen LogP contribution in [0.15, 0.2) is 119 Å². The minimum Gasteiger partial charge on any atom is -0.465 e. The Kier molecular flexibility index (Phi) is 9.38. The minimum absolute atomic E-state index is 0.0796. The predicted octanol–water partition coefficient (Wildman–Crippen LogP) is 11.1. The van der Waals surface area contributed by atoms with E-state index in [2.05, 4.69) is 5.16 Å². The lowest BCUT2D eigenvalue weighted by Gasteiger charge is -2.15. The molecule has 0 fully saturated rings. The van der Waals surface area contributed by atoms with E-state index < -0.39 is 18.2 Å². The molecule has 5 aromatic carbocycles. The Morgan fingerprint density at radius 2 is 1.64 bits per heavy atom. The molecular weight excluding hydrogens is 645 g/mol. The summed E-state index contributed by atoms with van der Waals surface area (Å²) in [5.74, 6) is -0.420. The summed E-state index contributed by atoms with van der Waals surface area (Å²) in [6, 6.07) is 30.6. The smallest absolute Gasteiger partial charge is 0.337 e. The van der Waals surface area contributed by atoms with Crippen LogP contribution in [0.4, 0.5) is 13.2 Å². The lowest BCUT2D eigenvalue weighted by atomic mass is 9.95. The van der Waals surface area contributed by atoms with Crippen LogP contribution in [0.5, 0.6) is 5.75 Å². The van der Waals surface area contributed by atoms with E-state index >= 15 is 0 Å². The number of benzene rings is 5. The van der Waals surface area contributed by atoms with Crippen LogP contribution in [-0.4, -0.2) is 23.3 Å². The van der Waals surface area contributed by atoms with Gasteiger partial charge in [0.05, 0.1) is 23.9 Å². The fourth-order valence-electron chi connectivity index (χ4n) is 5.31. The largest absolute Gasteiger partial charge is 0.465 e. The number of carbonyl (C=O) groups excluding carboxylic acids is 1. The number of ether oxygens (including phenoxy) is 1. The second-order valence-corrected chi connectivity index (χ2v) is 11.8. The van der Waals surface area contributed by atoms with Crippen molar-refractivity contribution < 1.29 is 27.5 Å². The third kappa shape index (κ3) is 6.63. The number of fused-ring (bicyclic) bond motifs is 1. The van der Waals surface area contributed by atoms with Crippen molar-refractivity contribution in [3.63, 3.8) is 0 Å². The highest BCUT2D eigenvalue weighted by Gasteiger charge is 2.23. The molecule has 0 radical (unpaired) electrons. The van der Waals surface area contributed by atoms with Crippen molar-refractivity contribution in [3.05, 3.63) is 131 Å². The van der Waals surface area contributed by atoms with Gasteiger partial charge in [0.2, 0.25) is 0 Å². The molecule has 6 aromatic rings. The van der Waals surface area contributed by atoms with Crippen molar-refractivity contribution in [1.82, 2.24) is 3.97 Å². The molecule has 0 saturated carbocycles. The lowest BCUT2D eigenvalue weighted by Crippen LogP contribution is -2.00. The number of methoxy groups -OCH3 is 1. The Morgan fingerprint density at radius 1 is 0.894 bits per heavy atom. The molecule has 5 nitrogen and oxygen atoms in total. The number of hydrogen-bond acceptors (Lipinski definition) is 5. The first-order chi connectivity index (χ1) is 22.8. The Balaban J connectivity index is 1.59. The fourth-order valence-corrected chi connectivity index (χ4v) is 6.62. The van der Waals surface area contributed by atoms with E-state index in [4.69, 9.17) is 21.2 Å². The van der Waals surface area contributed by atoms with Gasteiger partial charge >= 0.3 is 5.97 Å². The van der Waals surface area contributed by atoms with Crippen molar-refractivity contribution in [2.75, 3.05) is 7.11 Å². The van der Waals surface area contributed by atoms with Crippen LogP contribution >= 0.6 is 23.5 Å². The van der Waals surface area contributed by atoms with Gasteiger partial charge in [-0.15, -0.1) is 0 Å². The number of carbonyl (C=O) groups is 1. The zero-order valence-corrected chi connectivity index (χ0v) is 26.7. The number of esters is 1. The van der Waals surface area contributed by atoms with Gasteiger partial charge in [-0.05, 0) is 90.7 Å². The molecule has 1 heterocycles.